The molecule has 5 heterocycles. The van der Waals surface area contributed by atoms with Crippen molar-refractivity contribution in [1.82, 2.24) is 49.9 Å². The Morgan fingerprint density at radius 1 is 0.889 bits per heavy atom. The lowest BCUT2D eigenvalue weighted by Crippen LogP contribution is -2.47. The van der Waals surface area contributed by atoms with Gasteiger partial charge in [0.2, 0.25) is 11.8 Å². The van der Waals surface area contributed by atoms with Crippen LogP contribution in [0.15, 0.2) is 42.9 Å². The Morgan fingerprint density at radius 2 is 1.48 bits per heavy atom. The number of H-pyrrole nitrogens is 2. The van der Waals surface area contributed by atoms with Gasteiger partial charge in [0, 0.05) is 49.2 Å². The fraction of sp³-hybridized carbons (Fsp3) is 0.429. The first kappa shape index (κ1) is 37.7. The van der Waals surface area contributed by atoms with Gasteiger partial charge in [-0.3, -0.25) is 14.5 Å². The Bertz CT molecular complexity index is 2020. The van der Waals surface area contributed by atoms with Crippen molar-refractivity contribution in [2.45, 2.75) is 69.9 Å². The summed E-state index contributed by atoms with van der Waals surface area (Å²) in [5, 5.41) is 11.8. The number of alkyl carbamates (subject to hydrolysis) is 1. The van der Waals surface area contributed by atoms with E-state index < -0.39 is 48.1 Å². The molecule has 4 aromatic rings. The number of likely N-dealkylation sites (N-methyl/N-ethyl adjacent to an activating group) is 1. The normalized spacial score (nSPS) is 18.4. The Kier molecular flexibility index (Phi) is 10.6. The van der Waals surface area contributed by atoms with E-state index in [0.717, 1.165) is 11.3 Å². The van der Waals surface area contributed by atoms with Crippen molar-refractivity contribution >= 4 is 24.0 Å². The Hall–Kier alpha value is -6.01. The number of hydrogen-bond donors (Lipinski definition) is 4. The summed E-state index contributed by atoms with van der Waals surface area (Å²) in [6.45, 7) is 3.78. The van der Waals surface area contributed by atoms with Gasteiger partial charge in [-0.15, -0.1) is 0 Å². The van der Waals surface area contributed by atoms with E-state index in [2.05, 4.69) is 40.0 Å². The summed E-state index contributed by atoms with van der Waals surface area (Å²) in [6.07, 6.45) is 0.335. The maximum atomic E-state index is 14.3. The van der Waals surface area contributed by atoms with Crippen LogP contribution < -0.4 is 5.32 Å². The van der Waals surface area contributed by atoms with Crippen LogP contribution in [0.25, 0.3) is 33.9 Å². The van der Waals surface area contributed by atoms with E-state index in [1.54, 1.807) is 42.5 Å². The molecule has 4 amide bonds. The highest BCUT2D eigenvalue weighted by Crippen LogP contribution is 2.40. The Balaban J connectivity index is 1.17. The largest absolute Gasteiger partial charge is 0.465 e. The van der Waals surface area contributed by atoms with E-state index in [4.69, 9.17) is 0 Å². The number of aromatic amines is 2. The molecule has 2 aliphatic heterocycles. The molecule has 4 N–H and O–H groups in total. The van der Waals surface area contributed by atoms with E-state index in [9.17, 15) is 37.5 Å². The predicted octanol–water partition coefficient (Wildman–Crippen LogP) is 5.01. The molecule has 0 radical (unpaired) electrons. The molecule has 16 nitrogen and oxygen atoms in total. The molecule has 0 bridgehead atoms. The van der Waals surface area contributed by atoms with Crippen LogP contribution in [0.4, 0.5) is 22.8 Å². The quantitative estimate of drug-likeness (QED) is 0.180. The van der Waals surface area contributed by atoms with Crippen molar-refractivity contribution in [2.75, 3.05) is 27.2 Å². The van der Waals surface area contributed by atoms with E-state index in [-0.39, 0.29) is 35.6 Å². The zero-order valence-corrected chi connectivity index (χ0v) is 29.8. The number of carbonyl (C=O) groups is 4. The summed E-state index contributed by atoms with van der Waals surface area (Å²) >= 11 is 0. The lowest BCUT2D eigenvalue weighted by atomic mass is 10.1. The molecule has 0 aliphatic carbocycles. The number of hydrogen-bond acceptors (Lipinski definition) is 9. The number of carbonyl (C=O) groups excluding carboxylic acids is 3. The number of likely N-dealkylation sites (tertiary alicyclic amines) is 2. The maximum Gasteiger partial charge on any atom is 0.433 e. The third-order valence-electron chi connectivity index (χ3n) is 9.81. The minimum absolute atomic E-state index is 0.0318. The Morgan fingerprint density at radius 3 is 2.07 bits per heavy atom. The SMILES string of the molecule is COC(=O)N[C@@H](C)C(=O)N1CCCC1c1ncc(-c2cnc(-c3ccc(-c4nc([C@@H]5CCCN5C(=O)[C@H](C)N(C)C(=O)O)[nH]c4C(F)(F)F)cc3)nc2)[nH]1. The third-order valence-corrected chi connectivity index (χ3v) is 9.81. The Labute approximate surface area is 307 Å². The zero-order valence-electron chi connectivity index (χ0n) is 29.8. The van der Waals surface area contributed by atoms with Crippen LogP contribution in [0.5, 0.6) is 0 Å². The second-order valence-electron chi connectivity index (χ2n) is 13.2. The summed E-state index contributed by atoms with van der Waals surface area (Å²) in [6, 6.07) is 3.23. The molecule has 2 fully saturated rings. The van der Waals surface area contributed by atoms with Crippen molar-refractivity contribution in [3.05, 3.63) is 60.2 Å². The standard InChI is InChI=1S/C35H39F3N10O6/c1-18(42-33(51)54-4)31(49)47-13-5-7-24(47)29-41-17-23(43-29)22-15-39-28(40-16-22)21-11-9-20(10-12-21)26-27(35(36,37)38)45-30(44-26)25-8-6-14-48(25)32(50)19(2)46(3)34(52)53/h9-12,15-19,24-25H,5-8,13-14H2,1-4H3,(H,41,43)(H,42,51)(H,44,45)(H,52,53)/t18-,19-,24?,25-/m0/s1. The lowest BCUT2D eigenvalue weighted by molar-refractivity contribution is -0.140. The maximum absolute atomic E-state index is 14.3. The van der Waals surface area contributed by atoms with Crippen LogP contribution >= 0.6 is 0 Å². The number of halogens is 3. The lowest BCUT2D eigenvalue weighted by Gasteiger charge is -2.29. The monoisotopic (exact) mass is 752 g/mol. The highest BCUT2D eigenvalue weighted by atomic mass is 19.4. The van der Waals surface area contributed by atoms with Crippen molar-refractivity contribution in [2.24, 2.45) is 0 Å². The summed E-state index contributed by atoms with van der Waals surface area (Å²) in [7, 11) is 2.48. The molecule has 1 unspecified atom stereocenters. The van der Waals surface area contributed by atoms with Gasteiger partial charge in [0.1, 0.15) is 35.1 Å². The number of aromatic nitrogens is 6. The van der Waals surface area contributed by atoms with E-state index >= 15 is 0 Å². The van der Waals surface area contributed by atoms with Crippen LogP contribution in [0.3, 0.4) is 0 Å². The van der Waals surface area contributed by atoms with Crippen LogP contribution in [-0.4, -0.2) is 113 Å². The number of ether oxygens (including phenoxy) is 1. The molecule has 0 spiro atoms. The molecule has 286 valence electrons. The summed E-state index contributed by atoms with van der Waals surface area (Å²) in [4.78, 5) is 76.5. The number of nitrogens with zero attached hydrogens (tertiary/aromatic N) is 7. The van der Waals surface area contributed by atoms with Crippen LogP contribution in [0.1, 0.15) is 69.0 Å². The number of alkyl halides is 3. The average molecular weight is 753 g/mol. The molecule has 19 heteroatoms. The average Bonchev–Trinajstić information content (AvgIpc) is 3.99. The molecule has 2 aliphatic rings. The van der Waals surface area contributed by atoms with E-state index in [1.807, 2.05) is 0 Å². The molecule has 6 rings (SSSR count). The first-order valence-corrected chi connectivity index (χ1v) is 17.2. The molecule has 1 aromatic carbocycles. The second-order valence-corrected chi connectivity index (χ2v) is 13.2. The van der Waals surface area contributed by atoms with Gasteiger partial charge in [-0.1, -0.05) is 24.3 Å². The smallest absolute Gasteiger partial charge is 0.433 e. The van der Waals surface area contributed by atoms with Gasteiger partial charge in [0.25, 0.3) is 0 Å². The first-order chi connectivity index (χ1) is 25.7. The summed E-state index contributed by atoms with van der Waals surface area (Å²) in [5.41, 5.74) is 0.568. The van der Waals surface area contributed by atoms with Gasteiger partial charge in [-0.25, -0.2) is 29.5 Å². The van der Waals surface area contributed by atoms with Crippen molar-refractivity contribution in [3.8, 4) is 33.9 Å². The number of carboxylic acid groups (broad SMARTS) is 1. The molecule has 4 atom stereocenters. The van der Waals surface area contributed by atoms with Gasteiger partial charge in [0.05, 0.1) is 31.1 Å². The third kappa shape index (κ3) is 7.56. The minimum atomic E-state index is -4.78. The predicted molar refractivity (Wildman–Crippen MR) is 185 cm³/mol. The van der Waals surface area contributed by atoms with Gasteiger partial charge < -0.3 is 34.9 Å². The summed E-state index contributed by atoms with van der Waals surface area (Å²) in [5.74, 6) is 0.0882. The van der Waals surface area contributed by atoms with Crippen LogP contribution in [0.2, 0.25) is 0 Å². The summed E-state index contributed by atoms with van der Waals surface area (Å²) < 4.78 is 47.4. The number of methoxy groups -OCH3 is 1. The number of imidazole rings is 2. The fourth-order valence-electron chi connectivity index (χ4n) is 6.76. The van der Waals surface area contributed by atoms with Crippen LogP contribution in [0, 0.1) is 0 Å². The molecule has 2 saturated heterocycles. The van der Waals surface area contributed by atoms with Crippen LogP contribution in [-0.2, 0) is 20.5 Å². The number of benzene rings is 1. The first-order valence-electron chi connectivity index (χ1n) is 17.2. The van der Waals surface area contributed by atoms with Gasteiger partial charge in [-0.2, -0.15) is 13.2 Å². The van der Waals surface area contributed by atoms with E-state index in [1.165, 1.54) is 38.1 Å². The zero-order chi connectivity index (χ0) is 38.9. The molecule has 3 aromatic heterocycles. The van der Waals surface area contributed by atoms with Gasteiger partial charge in [0.15, 0.2) is 5.82 Å². The second kappa shape index (κ2) is 15.2. The molecular weight excluding hydrogens is 713 g/mol. The fourth-order valence-corrected chi connectivity index (χ4v) is 6.76. The van der Waals surface area contributed by atoms with Gasteiger partial charge in [-0.05, 0) is 39.5 Å². The van der Waals surface area contributed by atoms with Crippen molar-refractivity contribution in [1.29, 1.82) is 0 Å². The molecular formula is C35H39F3N10O6. The molecule has 0 saturated carbocycles. The number of amides is 4. The number of nitrogens with one attached hydrogen (secondary N) is 3. The minimum Gasteiger partial charge on any atom is -0.465 e. The topological polar surface area (TPSA) is 203 Å². The van der Waals surface area contributed by atoms with Crippen molar-refractivity contribution < 1.29 is 42.2 Å². The van der Waals surface area contributed by atoms with E-state index in [0.29, 0.717) is 54.3 Å². The molecule has 54 heavy (non-hydrogen) atoms. The number of rotatable bonds is 9. The van der Waals surface area contributed by atoms with Crippen molar-refractivity contribution in [3.63, 3.8) is 0 Å². The highest BCUT2D eigenvalue weighted by molar-refractivity contribution is 5.86. The van der Waals surface area contributed by atoms with Gasteiger partial charge >= 0.3 is 18.4 Å². The highest BCUT2D eigenvalue weighted by Gasteiger charge is 2.41.